The highest BCUT2D eigenvalue weighted by Crippen LogP contribution is 2.22. The predicted molar refractivity (Wildman–Crippen MR) is 65.2 cm³/mol. The zero-order valence-electron chi connectivity index (χ0n) is 8.37. The van der Waals surface area contributed by atoms with Crippen molar-refractivity contribution in [3.63, 3.8) is 0 Å². The van der Waals surface area contributed by atoms with Crippen molar-refractivity contribution in [2.45, 2.75) is 6.54 Å². The Hall–Kier alpha value is -1.54. The van der Waals surface area contributed by atoms with E-state index < -0.39 is 4.92 Å². The SMILES string of the molecule is O=C(Cn1cc(Br)c([N+](=O)[O-])n1)c1cccs1. The third-order valence-corrected chi connectivity index (χ3v) is 3.44. The highest BCUT2D eigenvalue weighted by atomic mass is 79.9. The molecule has 2 rings (SSSR count). The number of carbonyl (C=O) groups excluding carboxylic acids is 1. The molecule has 8 heteroatoms. The Bertz CT molecular complexity index is 564. The molecule has 0 spiro atoms. The maximum absolute atomic E-state index is 11.7. The van der Waals surface area contributed by atoms with Crippen molar-refractivity contribution in [3.05, 3.63) is 43.2 Å². The molecule has 0 aliphatic carbocycles. The summed E-state index contributed by atoms with van der Waals surface area (Å²) < 4.78 is 1.52. The third-order valence-electron chi connectivity index (χ3n) is 1.97. The Kier molecular flexibility index (Phi) is 3.34. The quantitative estimate of drug-likeness (QED) is 0.493. The van der Waals surface area contributed by atoms with Crippen LogP contribution in [0.1, 0.15) is 9.67 Å². The molecule has 6 nitrogen and oxygen atoms in total. The van der Waals surface area contributed by atoms with E-state index in [4.69, 9.17) is 0 Å². The van der Waals surface area contributed by atoms with Crippen molar-refractivity contribution in [3.8, 4) is 0 Å². The van der Waals surface area contributed by atoms with Crippen LogP contribution in [0.2, 0.25) is 0 Å². The van der Waals surface area contributed by atoms with E-state index in [1.807, 2.05) is 0 Å². The number of nitrogens with zero attached hydrogens (tertiary/aromatic N) is 3. The molecule has 0 aromatic carbocycles. The molecule has 0 radical (unpaired) electrons. The van der Waals surface area contributed by atoms with Gasteiger partial charge in [-0.2, -0.15) is 4.68 Å². The second-order valence-corrected chi connectivity index (χ2v) is 4.96. The summed E-state index contributed by atoms with van der Waals surface area (Å²) in [6.07, 6.45) is 1.42. The van der Waals surface area contributed by atoms with Gasteiger partial charge in [0.25, 0.3) is 0 Å². The lowest BCUT2D eigenvalue weighted by molar-refractivity contribution is -0.390. The number of rotatable bonds is 4. The van der Waals surface area contributed by atoms with Crippen LogP contribution >= 0.6 is 27.3 Å². The summed E-state index contributed by atoms with van der Waals surface area (Å²) in [6.45, 7) is -0.00699. The largest absolute Gasteiger partial charge is 0.404 e. The highest BCUT2D eigenvalue weighted by molar-refractivity contribution is 9.10. The van der Waals surface area contributed by atoms with E-state index in [0.717, 1.165) is 0 Å². The van der Waals surface area contributed by atoms with Gasteiger partial charge in [-0.3, -0.25) is 4.79 Å². The first-order chi connectivity index (χ1) is 8.08. The van der Waals surface area contributed by atoms with Crippen LogP contribution in [0.3, 0.4) is 0 Å². The zero-order chi connectivity index (χ0) is 12.4. The summed E-state index contributed by atoms with van der Waals surface area (Å²) in [7, 11) is 0. The fraction of sp³-hybridized carbons (Fsp3) is 0.111. The molecule has 0 saturated heterocycles. The van der Waals surface area contributed by atoms with Crippen LogP contribution in [-0.4, -0.2) is 20.5 Å². The molecule has 2 heterocycles. The monoisotopic (exact) mass is 315 g/mol. The molecule has 0 fully saturated rings. The van der Waals surface area contributed by atoms with Gasteiger partial charge in [-0.1, -0.05) is 6.07 Å². The maximum Gasteiger partial charge on any atom is 0.404 e. The molecule has 88 valence electrons. The van der Waals surface area contributed by atoms with Crippen molar-refractivity contribution in [1.29, 1.82) is 0 Å². The van der Waals surface area contributed by atoms with E-state index in [2.05, 4.69) is 21.0 Å². The normalized spacial score (nSPS) is 10.4. The zero-order valence-corrected chi connectivity index (χ0v) is 10.8. The van der Waals surface area contributed by atoms with E-state index in [-0.39, 0.29) is 22.6 Å². The summed E-state index contributed by atoms with van der Waals surface area (Å²) in [6, 6.07) is 3.49. The molecule has 0 aliphatic rings. The standard InChI is InChI=1S/C9H6BrN3O3S/c10-6-4-12(11-9(6)13(15)16)5-7(14)8-2-1-3-17-8/h1-4H,5H2. The van der Waals surface area contributed by atoms with E-state index in [9.17, 15) is 14.9 Å². The van der Waals surface area contributed by atoms with Crippen molar-refractivity contribution in [2.24, 2.45) is 0 Å². The summed E-state index contributed by atoms with van der Waals surface area (Å²) in [5, 5.41) is 16.1. The van der Waals surface area contributed by atoms with Crippen molar-refractivity contribution in [2.75, 3.05) is 0 Å². The Morgan fingerprint density at radius 1 is 1.65 bits per heavy atom. The highest BCUT2D eigenvalue weighted by Gasteiger charge is 2.20. The maximum atomic E-state index is 11.7. The number of carbonyl (C=O) groups is 1. The number of hydrogen-bond donors (Lipinski definition) is 0. The van der Waals surface area contributed by atoms with Gasteiger partial charge in [-0.15, -0.1) is 11.3 Å². The number of hydrogen-bond acceptors (Lipinski definition) is 5. The van der Waals surface area contributed by atoms with Gasteiger partial charge in [-0.25, -0.2) is 0 Å². The molecule has 2 aromatic rings. The van der Waals surface area contributed by atoms with Crippen LogP contribution in [0.5, 0.6) is 0 Å². The van der Waals surface area contributed by atoms with Crippen molar-refractivity contribution >= 4 is 38.9 Å². The molecule has 0 N–H and O–H groups in total. The van der Waals surface area contributed by atoms with Gasteiger partial charge in [0.1, 0.15) is 11.0 Å². The van der Waals surface area contributed by atoms with Gasteiger partial charge in [0.05, 0.1) is 16.2 Å². The lowest BCUT2D eigenvalue weighted by Gasteiger charge is -1.93. The first-order valence-electron chi connectivity index (χ1n) is 4.52. The van der Waals surface area contributed by atoms with Gasteiger partial charge in [0.2, 0.25) is 0 Å². The second kappa shape index (κ2) is 4.76. The van der Waals surface area contributed by atoms with Gasteiger partial charge in [-0.05, 0) is 32.3 Å². The summed E-state index contributed by atoms with van der Waals surface area (Å²) in [5.74, 6) is -0.408. The number of nitro groups is 1. The van der Waals surface area contributed by atoms with Crippen LogP contribution in [0.25, 0.3) is 0 Å². The van der Waals surface area contributed by atoms with E-state index in [1.54, 1.807) is 17.5 Å². The second-order valence-electron chi connectivity index (χ2n) is 3.16. The Morgan fingerprint density at radius 2 is 2.41 bits per heavy atom. The molecular weight excluding hydrogens is 310 g/mol. The van der Waals surface area contributed by atoms with Crippen LogP contribution in [0.15, 0.2) is 28.2 Å². The number of thiophene rings is 1. The fourth-order valence-corrected chi connectivity index (χ4v) is 2.37. The van der Waals surface area contributed by atoms with Gasteiger partial charge in [0, 0.05) is 0 Å². The average Bonchev–Trinajstić information content (AvgIpc) is 2.86. The van der Waals surface area contributed by atoms with Gasteiger partial charge in [0.15, 0.2) is 5.78 Å². The van der Waals surface area contributed by atoms with Crippen LogP contribution in [-0.2, 0) is 6.54 Å². The predicted octanol–water partition coefficient (Wildman–Crippen LogP) is 2.50. The number of aromatic nitrogens is 2. The molecular formula is C9H6BrN3O3S. The average molecular weight is 316 g/mol. The van der Waals surface area contributed by atoms with Crippen LogP contribution < -0.4 is 0 Å². The number of ketones is 1. The minimum absolute atomic E-state index is 0.00699. The minimum Gasteiger partial charge on any atom is -0.358 e. The third kappa shape index (κ3) is 2.59. The van der Waals surface area contributed by atoms with Crippen LogP contribution in [0.4, 0.5) is 5.82 Å². The number of halogens is 1. The summed E-state index contributed by atoms with van der Waals surface area (Å²) >= 11 is 4.35. The fourth-order valence-electron chi connectivity index (χ4n) is 1.25. The smallest absolute Gasteiger partial charge is 0.358 e. The van der Waals surface area contributed by atoms with Crippen molar-refractivity contribution in [1.82, 2.24) is 9.78 Å². The van der Waals surface area contributed by atoms with E-state index in [1.165, 1.54) is 22.2 Å². The number of Topliss-reactive ketones (excluding diaryl/α,β-unsaturated/α-hetero) is 1. The molecule has 0 aliphatic heterocycles. The van der Waals surface area contributed by atoms with Crippen molar-refractivity contribution < 1.29 is 9.72 Å². The van der Waals surface area contributed by atoms with E-state index >= 15 is 0 Å². The van der Waals surface area contributed by atoms with E-state index in [0.29, 0.717) is 4.88 Å². The minimum atomic E-state index is -0.601. The topological polar surface area (TPSA) is 78.0 Å². The summed E-state index contributed by atoms with van der Waals surface area (Å²) in [5.41, 5.74) is 0. The first kappa shape index (κ1) is 11.9. The lowest BCUT2D eigenvalue weighted by atomic mass is 10.3. The van der Waals surface area contributed by atoms with Crippen LogP contribution in [0, 0.1) is 10.1 Å². The Balaban J connectivity index is 2.17. The Labute approximate surface area is 108 Å². The lowest BCUT2D eigenvalue weighted by Crippen LogP contribution is -2.09. The molecule has 17 heavy (non-hydrogen) atoms. The summed E-state index contributed by atoms with van der Waals surface area (Å²) in [4.78, 5) is 22.3. The first-order valence-corrected chi connectivity index (χ1v) is 6.19. The molecule has 0 saturated carbocycles. The molecule has 0 bridgehead atoms. The molecule has 0 amide bonds. The molecule has 2 aromatic heterocycles. The molecule has 0 unspecified atom stereocenters. The molecule has 0 atom stereocenters. The van der Waals surface area contributed by atoms with Gasteiger partial charge < -0.3 is 10.1 Å². The Morgan fingerprint density at radius 3 is 2.94 bits per heavy atom. The van der Waals surface area contributed by atoms with Gasteiger partial charge >= 0.3 is 5.82 Å².